The molecule has 5 nitrogen and oxygen atoms in total. The van der Waals surface area contributed by atoms with Gasteiger partial charge in [0.05, 0.1) is 19.8 Å². The van der Waals surface area contributed by atoms with Gasteiger partial charge in [-0.1, -0.05) is 30.3 Å². The quantitative estimate of drug-likeness (QED) is 0.676. The summed E-state index contributed by atoms with van der Waals surface area (Å²) in [5, 5.41) is 2.97. The molecular formula is C22H30N2O3. The van der Waals surface area contributed by atoms with Crippen molar-refractivity contribution in [3.8, 4) is 11.5 Å². The SMILES string of the molecule is CCOc1ccc(NC(=O)CN(Cc2ccccc2)C(C)C)cc1OCC. The van der Waals surface area contributed by atoms with Gasteiger partial charge in [-0.15, -0.1) is 0 Å². The van der Waals surface area contributed by atoms with Crippen LogP contribution in [0.2, 0.25) is 0 Å². The minimum atomic E-state index is -0.0498. The van der Waals surface area contributed by atoms with Crippen LogP contribution in [0.3, 0.4) is 0 Å². The summed E-state index contributed by atoms with van der Waals surface area (Å²) in [5.41, 5.74) is 1.90. The van der Waals surface area contributed by atoms with Crippen molar-refractivity contribution in [2.75, 3.05) is 25.1 Å². The molecule has 2 aromatic carbocycles. The highest BCUT2D eigenvalue weighted by Gasteiger charge is 2.15. The second-order valence-corrected chi connectivity index (χ2v) is 6.56. The van der Waals surface area contributed by atoms with Gasteiger partial charge in [0, 0.05) is 24.3 Å². The summed E-state index contributed by atoms with van der Waals surface area (Å²) >= 11 is 0. The molecule has 0 saturated heterocycles. The third-order valence-electron chi connectivity index (χ3n) is 4.13. The fraction of sp³-hybridized carbons (Fsp3) is 0.409. The van der Waals surface area contributed by atoms with Crippen molar-refractivity contribution in [1.29, 1.82) is 0 Å². The van der Waals surface area contributed by atoms with Gasteiger partial charge in [-0.3, -0.25) is 9.69 Å². The van der Waals surface area contributed by atoms with Crippen molar-refractivity contribution in [2.45, 2.75) is 40.3 Å². The highest BCUT2D eigenvalue weighted by molar-refractivity contribution is 5.92. The number of carbonyl (C=O) groups excluding carboxylic acids is 1. The highest BCUT2D eigenvalue weighted by Crippen LogP contribution is 2.30. The monoisotopic (exact) mass is 370 g/mol. The third kappa shape index (κ3) is 6.61. The molecule has 2 aromatic rings. The Bertz CT molecular complexity index is 717. The Balaban J connectivity index is 2.03. The summed E-state index contributed by atoms with van der Waals surface area (Å²) in [6.45, 7) is 10.2. The second-order valence-electron chi connectivity index (χ2n) is 6.56. The second kappa shape index (κ2) is 10.6. The fourth-order valence-electron chi connectivity index (χ4n) is 2.75. The molecule has 0 aliphatic rings. The number of rotatable bonds is 10. The minimum absolute atomic E-state index is 0.0498. The molecule has 0 unspecified atom stereocenters. The van der Waals surface area contributed by atoms with Crippen LogP contribution in [0.15, 0.2) is 48.5 Å². The first kappa shape index (κ1) is 20.8. The van der Waals surface area contributed by atoms with Crippen molar-refractivity contribution >= 4 is 11.6 Å². The maximum Gasteiger partial charge on any atom is 0.238 e. The Morgan fingerprint density at radius 1 is 1.00 bits per heavy atom. The number of benzene rings is 2. The van der Waals surface area contributed by atoms with E-state index in [1.54, 1.807) is 0 Å². The van der Waals surface area contributed by atoms with Crippen molar-refractivity contribution in [2.24, 2.45) is 0 Å². The number of ether oxygens (including phenoxy) is 2. The minimum Gasteiger partial charge on any atom is -0.490 e. The summed E-state index contributed by atoms with van der Waals surface area (Å²) in [6, 6.07) is 15.9. The van der Waals surface area contributed by atoms with E-state index >= 15 is 0 Å². The van der Waals surface area contributed by atoms with E-state index in [1.165, 1.54) is 5.56 Å². The zero-order chi connectivity index (χ0) is 19.6. The summed E-state index contributed by atoms with van der Waals surface area (Å²) in [6.07, 6.45) is 0. The maximum atomic E-state index is 12.6. The standard InChI is InChI=1S/C22H30N2O3/c1-5-26-20-13-12-19(14-21(20)27-6-2)23-22(25)16-24(17(3)4)15-18-10-8-7-9-11-18/h7-14,17H,5-6,15-16H2,1-4H3,(H,23,25). The molecule has 0 fully saturated rings. The molecule has 0 aliphatic carbocycles. The zero-order valence-electron chi connectivity index (χ0n) is 16.7. The predicted molar refractivity (Wildman–Crippen MR) is 109 cm³/mol. The van der Waals surface area contributed by atoms with Crippen LogP contribution in [0, 0.1) is 0 Å². The van der Waals surface area contributed by atoms with E-state index < -0.39 is 0 Å². The molecule has 2 rings (SSSR count). The van der Waals surface area contributed by atoms with Crippen molar-refractivity contribution in [3.63, 3.8) is 0 Å². The largest absolute Gasteiger partial charge is 0.490 e. The molecule has 0 bridgehead atoms. The molecule has 0 saturated carbocycles. The Morgan fingerprint density at radius 3 is 2.30 bits per heavy atom. The molecule has 27 heavy (non-hydrogen) atoms. The molecule has 0 radical (unpaired) electrons. The van der Waals surface area contributed by atoms with E-state index in [4.69, 9.17) is 9.47 Å². The molecular weight excluding hydrogens is 340 g/mol. The lowest BCUT2D eigenvalue weighted by Gasteiger charge is -2.26. The van der Waals surface area contributed by atoms with E-state index in [1.807, 2.05) is 50.2 Å². The van der Waals surface area contributed by atoms with Crippen LogP contribution in [-0.4, -0.2) is 36.6 Å². The molecule has 0 heterocycles. The van der Waals surface area contributed by atoms with Gasteiger partial charge in [-0.05, 0) is 45.4 Å². The normalized spacial score (nSPS) is 10.9. The number of nitrogens with one attached hydrogen (secondary N) is 1. The van der Waals surface area contributed by atoms with E-state index in [0.717, 1.165) is 6.54 Å². The average molecular weight is 370 g/mol. The molecule has 1 amide bonds. The van der Waals surface area contributed by atoms with E-state index in [-0.39, 0.29) is 11.9 Å². The molecule has 146 valence electrons. The first-order chi connectivity index (χ1) is 13.0. The molecule has 0 spiro atoms. The van der Waals surface area contributed by atoms with Gasteiger partial charge in [-0.2, -0.15) is 0 Å². The van der Waals surface area contributed by atoms with E-state index in [9.17, 15) is 4.79 Å². The van der Waals surface area contributed by atoms with Crippen LogP contribution in [-0.2, 0) is 11.3 Å². The smallest absolute Gasteiger partial charge is 0.238 e. The summed E-state index contributed by atoms with van der Waals surface area (Å²) in [4.78, 5) is 14.7. The van der Waals surface area contributed by atoms with Gasteiger partial charge in [-0.25, -0.2) is 0 Å². The third-order valence-corrected chi connectivity index (χ3v) is 4.13. The summed E-state index contributed by atoms with van der Waals surface area (Å²) in [5.74, 6) is 1.28. The van der Waals surface area contributed by atoms with Crippen LogP contribution < -0.4 is 14.8 Å². The molecule has 0 aliphatic heterocycles. The number of carbonyl (C=O) groups is 1. The lowest BCUT2D eigenvalue weighted by atomic mass is 10.2. The van der Waals surface area contributed by atoms with Crippen molar-refractivity contribution < 1.29 is 14.3 Å². The van der Waals surface area contributed by atoms with Gasteiger partial charge in [0.1, 0.15) is 0 Å². The highest BCUT2D eigenvalue weighted by atomic mass is 16.5. The molecule has 5 heteroatoms. The summed E-state index contributed by atoms with van der Waals surface area (Å²) < 4.78 is 11.2. The molecule has 1 N–H and O–H groups in total. The van der Waals surface area contributed by atoms with Crippen LogP contribution in [0.4, 0.5) is 5.69 Å². The Labute approximate surface area is 162 Å². The van der Waals surface area contributed by atoms with Crippen LogP contribution in [0.1, 0.15) is 33.3 Å². The van der Waals surface area contributed by atoms with E-state index in [0.29, 0.717) is 36.9 Å². The van der Waals surface area contributed by atoms with Crippen molar-refractivity contribution in [1.82, 2.24) is 4.90 Å². The first-order valence-electron chi connectivity index (χ1n) is 9.51. The number of hydrogen-bond donors (Lipinski definition) is 1. The fourth-order valence-corrected chi connectivity index (χ4v) is 2.75. The molecule has 0 atom stereocenters. The van der Waals surface area contributed by atoms with Crippen LogP contribution in [0.25, 0.3) is 0 Å². The number of hydrogen-bond acceptors (Lipinski definition) is 4. The number of nitrogens with zero attached hydrogens (tertiary/aromatic N) is 1. The van der Waals surface area contributed by atoms with E-state index in [2.05, 4.69) is 36.2 Å². The van der Waals surface area contributed by atoms with Gasteiger partial charge < -0.3 is 14.8 Å². The Hall–Kier alpha value is -2.53. The Kier molecular flexibility index (Phi) is 8.14. The van der Waals surface area contributed by atoms with Gasteiger partial charge >= 0.3 is 0 Å². The van der Waals surface area contributed by atoms with Gasteiger partial charge in [0.25, 0.3) is 0 Å². The lowest BCUT2D eigenvalue weighted by Crippen LogP contribution is -2.37. The Morgan fingerprint density at radius 2 is 1.67 bits per heavy atom. The lowest BCUT2D eigenvalue weighted by molar-refractivity contribution is -0.117. The predicted octanol–water partition coefficient (Wildman–Crippen LogP) is 4.33. The maximum absolute atomic E-state index is 12.6. The number of amides is 1. The van der Waals surface area contributed by atoms with Crippen LogP contribution in [0.5, 0.6) is 11.5 Å². The first-order valence-corrected chi connectivity index (χ1v) is 9.51. The topological polar surface area (TPSA) is 50.8 Å². The zero-order valence-corrected chi connectivity index (χ0v) is 16.7. The van der Waals surface area contributed by atoms with Gasteiger partial charge in [0.2, 0.25) is 5.91 Å². The van der Waals surface area contributed by atoms with Gasteiger partial charge in [0.15, 0.2) is 11.5 Å². The summed E-state index contributed by atoms with van der Waals surface area (Å²) in [7, 11) is 0. The van der Waals surface area contributed by atoms with Crippen molar-refractivity contribution in [3.05, 3.63) is 54.1 Å². The number of anilines is 1. The van der Waals surface area contributed by atoms with Crippen LogP contribution >= 0.6 is 0 Å². The average Bonchev–Trinajstić information content (AvgIpc) is 2.64. The molecule has 0 aromatic heterocycles.